The molecule has 0 atom stereocenters. The van der Waals surface area contributed by atoms with Crippen LogP contribution in [0, 0.1) is 5.92 Å². The minimum Gasteiger partial charge on any atom is -0.0920 e. The second kappa shape index (κ2) is 7.30. The van der Waals surface area contributed by atoms with Crippen LogP contribution in [0.4, 0.5) is 0 Å². The van der Waals surface area contributed by atoms with E-state index in [2.05, 4.69) is 42.3 Å². The molecule has 0 aromatic carbocycles. The molecule has 0 spiro atoms. The Morgan fingerprint density at radius 3 is 1.30 bits per heavy atom. The van der Waals surface area contributed by atoms with Gasteiger partial charge in [0.2, 0.25) is 0 Å². The van der Waals surface area contributed by atoms with Crippen molar-refractivity contribution in [3.63, 3.8) is 0 Å². The van der Waals surface area contributed by atoms with E-state index in [1.807, 2.05) is 0 Å². The molecule has 0 aromatic rings. The quantitative estimate of drug-likeness (QED) is 0.486. The van der Waals surface area contributed by atoms with Gasteiger partial charge in [0.05, 0.1) is 0 Å². The first-order valence-corrected chi connectivity index (χ1v) is 4.18. The van der Waals surface area contributed by atoms with Crippen LogP contribution < -0.4 is 0 Å². The highest BCUT2D eigenvalue weighted by atomic mass is 13.9. The Morgan fingerprint density at radius 1 is 0.800 bits per heavy atom. The van der Waals surface area contributed by atoms with Gasteiger partial charge in [0.1, 0.15) is 21.8 Å². The minimum atomic E-state index is 0.861. The number of hydrogen-bond acceptors (Lipinski definition) is 0. The molecule has 0 saturated heterocycles. The van der Waals surface area contributed by atoms with Gasteiger partial charge in [-0.3, -0.25) is 0 Å². The topological polar surface area (TPSA) is 0 Å². The normalized spacial score (nSPS) is 9.60. The lowest BCUT2D eigenvalue weighted by molar-refractivity contribution is 0.721. The zero-order chi connectivity index (χ0) is 7.82. The molecule has 0 nitrogen and oxygen atoms in total. The monoisotopic (exact) mass is 133 g/mol. The largest absolute Gasteiger partial charge is 0.106 e. The predicted octanol–water partition coefficient (Wildman–Crippen LogP) is 2.11. The Bertz CT molecular complexity index is 51.6. The Hall–Kier alpha value is 0.195. The van der Waals surface area contributed by atoms with Crippen molar-refractivity contribution in [2.45, 2.75) is 39.4 Å². The molecular weight excluding hydrogens is 117 g/mol. The van der Waals surface area contributed by atoms with Crippen LogP contribution in [-0.4, -0.2) is 21.8 Å². The molecule has 0 aliphatic heterocycles. The van der Waals surface area contributed by atoms with E-state index >= 15 is 0 Å². The summed E-state index contributed by atoms with van der Waals surface area (Å²) in [7, 11) is 6.78. The molecule has 0 heterocycles. The molecule has 0 aromatic heterocycles. The molecule has 0 aliphatic carbocycles. The molecule has 0 bridgehead atoms. The third-order valence-electron chi connectivity index (χ3n) is 1.71. The molecule has 3 radical (unpaired) electrons. The lowest BCUT2D eigenvalue weighted by Gasteiger charge is -2.12. The average Bonchev–Trinajstić information content (AvgIpc) is 1.90. The lowest BCUT2D eigenvalue weighted by atomic mass is 9.57. The Morgan fingerprint density at radius 2 is 1.10 bits per heavy atom. The fourth-order valence-electron chi connectivity index (χ4n) is 1.29. The fraction of sp³-hybridized carbons (Fsp3) is 1.00. The maximum atomic E-state index is 2.26. The summed E-state index contributed by atoms with van der Waals surface area (Å²) < 4.78 is 0. The van der Waals surface area contributed by atoms with Gasteiger partial charge >= 0.3 is 0 Å². The maximum absolute atomic E-state index is 2.26. The maximum Gasteiger partial charge on any atom is 0.106 e. The molecular formula is C7H16B3. The van der Waals surface area contributed by atoms with E-state index in [9.17, 15) is 0 Å². The van der Waals surface area contributed by atoms with E-state index < -0.39 is 0 Å². The highest BCUT2D eigenvalue weighted by Crippen LogP contribution is 2.13. The first-order valence-electron chi connectivity index (χ1n) is 4.18. The highest BCUT2D eigenvalue weighted by molar-refractivity contribution is 6.37. The summed E-state index contributed by atoms with van der Waals surface area (Å²) in [6, 6.07) is 0. The molecule has 0 unspecified atom stereocenters. The summed E-state index contributed by atoms with van der Waals surface area (Å²) in [5.41, 5.74) is 0. The first-order chi connectivity index (χ1) is 4.85. The predicted molar refractivity (Wildman–Crippen MR) is 52.8 cm³/mol. The van der Waals surface area contributed by atoms with Gasteiger partial charge in [-0.1, -0.05) is 45.3 Å². The molecule has 0 N–H and O–H groups in total. The third kappa shape index (κ3) is 5.02. The summed E-state index contributed by atoms with van der Waals surface area (Å²) in [6.45, 7) is 6.41. The van der Waals surface area contributed by atoms with Gasteiger partial charge in [-0.05, 0) is 0 Å². The van der Waals surface area contributed by atoms with Crippen molar-refractivity contribution in [1.29, 1.82) is 0 Å². The smallest absolute Gasteiger partial charge is 0.0920 e. The minimum absolute atomic E-state index is 0.861. The Kier molecular flexibility index (Phi) is 7.45. The van der Waals surface area contributed by atoms with E-state index in [1.165, 1.54) is 19.0 Å². The molecule has 10 heavy (non-hydrogen) atoms. The highest BCUT2D eigenvalue weighted by Gasteiger charge is 2.04. The SMILES string of the molecule is C[B]CC(C[B]C)C[B]C. The van der Waals surface area contributed by atoms with Crippen molar-refractivity contribution in [3.05, 3.63) is 0 Å². The van der Waals surface area contributed by atoms with Crippen LogP contribution >= 0.6 is 0 Å². The van der Waals surface area contributed by atoms with Crippen LogP contribution in [0.5, 0.6) is 0 Å². The van der Waals surface area contributed by atoms with Crippen LogP contribution in [0.1, 0.15) is 0 Å². The third-order valence-corrected chi connectivity index (χ3v) is 1.71. The Balaban J connectivity index is 3.30. The summed E-state index contributed by atoms with van der Waals surface area (Å²) in [6.07, 6.45) is 3.78. The van der Waals surface area contributed by atoms with E-state index in [-0.39, 0.29) is 0 Å². The van der Waals surface area contributed by atoms with Crippen LogP contribution in [0.25, 0.3) is 0 Å². The fourth-order valence-corrected chi connectivity index (χ4v) is 1.29. The first kappa shape index (κ1) is 10.2. The van der Waals surface area contributed by atoms with Crippen molar-refractivity contribution in [3.8, 4) is 0 Å². The van der Waals surface area contributed by atoms with E-state index in [0.29, 0.717) is 0 Å². The van der Waals surface area contributed by atoms with Crippen molar-refractivity contribution in [2.75, 3.05) is 0 Å². The Labute approximate surface area is 67.9 Å². The van der Waals surface area contributed by atoms with E-state index in [4.69, 9.17) is 0 Å². The molecule has 3 heteroatoms. The van der Waals surface area contributed by atoms with Gasteiger partial charge < -0.3 is 0 Å². The zero-order valence-electron chi connectivity index (χ0n) is 7.43. The van der Waals surface area contributed by atoms with Gasteiger partial charge in [0, 0.05) is 0 Å². The van der Waals surface area contributed by atoms with E-state index in [1.54, 1.807) is 0 Å². The van der Waals surface area contributed by atoms with Crippen LogP contribution in [0.15, 0.2) is 0 Å². The number of rotatable bonds is 6. The number of hydrogen-bond donors (Lipinski definition) is 0. The molecule has 0 fully saturated rings. The van der Waals surface area contributed by atoms with Gasteiger partial charge in [-0.15, -0.1) is 0 Å². The molecule has 0 aliphatic rings. The summed E-state index contributed by atoms with van der Waals surface area (Å²) >= 11 is 0. The second-order valence-corrected chi connectivity index (χ2v) is 2.80. The van der Waals surface area contributed by atoms with Crippen molar-refractivity contribution >= 4 is 21.8 Å². The molecule has 0 rings (SSSR count). The lowest BCUT2D eigenvalue weighted by Crippen LogP contribution is -2.05. The summed E-state index contributed by atoms with van der Waals surface area (Å²) in [5.74, 6) is 0.861. The van der Waals surface area contributed by atoms with Crippen molar-refractivity contribution < 1.29 is 0 Å². The molecule has 0 saturated carbocycles. The van der Waals surface area contributed by atoms with Gasteiger partial charge in [0.15, 0.2) is 0 Å². The van der Waals surface area contributed by atoms with E-state index in [0.717, 1.165) is 5.92 Å². The van der Waals surface area contributed by atoms with Gasteiger partial charge in [-0.25, -0.2) is 0 Å². The van der Waals surface area contributed by atoms with Crippen LogP contribution in [-0.2, 0) is 0 Å². The summed E-state index contributed by atoms with van der Waals surface area (Å²) in [5, 5.41) is 0. The zero-order valence-corrected chi connectivity index (χ0v) is 7.43. The van der Waals surface area contributed by atoms with Crippen molar-refractivity contribution in [1.82, 2.24) is 0 Å². The van der Waals surface area contributed by atoms with Crippen molar-refractivity contribution in [2.24, 2.45) is 5.92 Å². The second-order valence-electron chi connectivity index (χ2n) is 2.80. The summed E-state index contributed by atoms with van der Waals surface area (Å²) in [4.78, 5) is 0. The van der Waals surface area contributed by atoms with Crippen LogP contribution in [0.3, 0.4) is 0 Å². The standard InChI is InChI=1S/C7H16B3/c1-8-4-7(5-9-2)6-10-3/h7H,4-6H2,1-3H3. The molecule has 53 valence electrons. The average molecular weight is 133 g/mol. The van der Waals surface area contributed by atoms with Crippen LogP contribution in [0.2, 0.25) is 39.4 Å². The molecule has 0 amide bonds. The van der Waals surface area contributed by atoms with Gasteiger partial charge in [-0.2, -0.15) is 0 Å². The van der Waals surface area contributed by atoms with Gasteiger partial charge in [0.25, 0.3) is 0 Å².